The highest BCUT2D eigenvalue weighted by molar-refractivity contribution is 6.30. The topological polar surface area (TPSA) is 57.6 Å². The van der Waals surface area contributed by atoms with Gasteiger partial charge in [0.2, 0.25) is 5.91 Å². The largest absolute Gasteiger partial charge is 0.478 e. The fourth-order valence-electron chi connectivity index (χ4n) is 3.01. The molecule has 1 fully saturated rings. The van der Waals surface area contributed by atoms with E-state index in [1.54, 1.807) is 17.1 Å². The minimum Gasteiger partial charge on any atom is -0.478 e. The van der Waals surface area contributed by atoms with Gasteiger partial charge in [-0.2, -0.15) is 0 Å². The number of aliphatic carboxylic acids is 1. The summed E-state index contributed by atoms with van der Waals surface area (Å²) in [6.07, 6.45) is 7.07. The van der Waals surface area contributed by atoms with Gasteiger partial charge in [0.1, 0.15) is 0 Å². The number of carbonyl (C=O) groups is 2. The van der Waals surface area contributed by atoms with Crippen molar-refractivity contribution in [1.29, 1.82) is 0 Å². The zero-order chi connectivity index (χ0) is 16.8. The summed E-state index contributed by atoms with van der Waals surface area (Å²) in [7, 11) is 0. The van der Waals surface area contributed by atoms with Gasteiger partial charge >= 0.3 is 5.97 Å². The Balaban J connectivity index is 2.33. The maximum absolute atomic E-state index is 12.6. The average Bonchev–Trinajstić information content (AvgIpc) is 2.53. The zero-order valence-electron chi connectivity index (χ0n) is 12.8. The minimum atomic E-state index is -1.00. The van der Waals surface area contributed by atoms with Crippen LogP contribution in [0.15, 0.2) is 49.1 Å². The van der Waals surface area contributed by atoms with Crippen LogP contribution in [0.4, 0.5) is 0 Å². The fourth-order valence-corrected chi connectivity index (χ4v) is 3.14. The first-order valence-corrected chi connectivity index (χ1v) is 7.99. The summed E-state index contributed by atoms with van der Waals surface area (Å²) in [5.74, 6) is -1.05. The third kappa shape index (κ3) is 4.45. The average molecular weight is 334 g/mol. The van der Waals surface area contributed by atoms with Crippen LogP contribution in [-0.4, -0.2) is 27.9 Å². The lowest BCUT2D eigenvalue weighted by molar-refractivity contribution is -0.136. The van der Waals surface area contributed by atoms with E-state index in [2.05, 4.69) is 6.58 Å². The summed E-state index contributed by atoms with van der Waals surface area (Å²) < 4.78 is 0. The lowest BCUT2D eigenvalue weighted by Crippen LogP contribution is -2.44. The number of carboxylic acids is 1. The summed E-state index contributed by atoms with van der Waals surface area (Å²) in [6.45, 7) is 3.63. The van der Waals surface area contributed by atoms with Crippen molar-refractivity contribution in [2.75, 3.05) is 0 Å². The molecule has 1 aromatic rings. The van der Waals surface area contributed by atoms with Crippen LogP contribution in [0.25, 0.3) is 0 Å². The first-order chi connectivity index (χ1) is 11.0. The third-order valence-electron chi connectivity index (χ3n) is 3.99. The number of hydrogen-bond acceptors (Lipinski definition) is 2. The number of amides is 1. The summed E-state index contributed by atoms with van der Waals surface area (Å²) in [5.41, 5.74) is 1.01. The van der Waals surface area contributed by atoms with E-state index in [1.165, 1.54) is 0 Å². The van der Waals surface area contributed by atoms with Gasteiger partial charge < -0.3 is 10.0 Å². The predicted octanol–water partition coefficient (Wildman–Crippen LogP) is 3.98. The lowest BCUT2D eigenvalue weighted by Gasteiger charge is -2.41. The Bertz CT molecular complexity index is 609. The second kappa shape index (κ2) is 7.97. The highest BCUT2D eigenvalue weighted by Gasteiger charge is 2.33. The molecule has 1 amide bonds. The van der Waals surface area contributed by atoms with E-state index in [4.69, 9.17) is 16.7 Å². The van der Waals surface area contributed by atoms with E-state index >= 15 is 0 Å². The number of carboxylic acid groups (broad SMARTS) is 1. The van der Waals surface area contributed by atoms with Crippen molar-refractivity contribution < 1.29 is 14.7 Å². The molecule has 0 unspecified atom stereocenters. The second-order valence-corrected chi connectivity index (χ2v) is 5.99. The molecular weight excluding hydrogens is 314 g/mol. The molecule has 122 valence electrons. The predicted molar refractivity (Wildman–Crippen MR) is 90.3 cm³/mol. The van der Waals surface area contributed by atoms with Crippen LogP contribution in [0, 0.1) is 0 Å². The first-order valence-electron chi connectivity index (χ1n) is 7.61. The Kier molecular flexibility index (Phi) is 5.99. The normalized spacial score (nSPS) is 21.3. The summed E-state index contributed by atoms with van der Waals surface area (Å²) >= 11 is 5.94. The van der Waals surface area contributed by atoms with Crippen LogP contribution in [0.3, 0.4) is 0 Å². The molecule has 2 atom stereocenters. The van der Waals surface area contributed by atoms with Gasteiger partial charge in [-0.1, -0.05) is 35.9 Å². The van der Waals surface area contributed by atoms with Crippen LogP contribution in [0.2, 0.25) is 5.02 Å². The van der Waals surface area contributed by atoms with Crippen LogP contribution < -0.4 is 0 Å². The highest BCUT2D eigenvalue weighted by atomic mass is 35.5. The summed E-state index contributed by atoms with van der Waals surface area (Å²) in [6, 6.07) is 7.17. The number of rotatable bonds is 5. The molecule has 0 radical (unpaired) electrons. The molecule has 1 N–H and O–H groups in total. The zero-order valence-corrected chi connectivity index (χ0v) is 13.6. The fraction of sp³-hybridized carbons (Fsp3) is 0.333. The Labute approximate surface area is 141 Å². The molecule has 1 heterocycles. The lowest BCUT2D eigenvalue weighted by atomic mass is 9.90. The van der Waals surface area contributed by atoms with Crippen molar-refractivity contribution >= 4 is 23.5 Å². The van der Waals surface area contributed by atoms with Gasteiger partial charge in [-0.25, -0.2) is 4.79 Å². The van der Waals surface area contributed by atoms with E-state index in [1.807, 2.05) is 24.3 Å². The Hall–Kier alpha value is -2.07. The minimum absolute atomic E-state index is 0.0420. The summed E-state index contributed by atoms with van der Waals surface area (Å²) in [4.78, 5) is 25.1. The van der Waals surface area contributed by atoms with Crippen molar-refractivity contribution in [2.24, 2.45) is 0 Å². The van der Waals surface area contributed by atoms with E-state index in [0.29, 0.717) is 5.02 Å². The van der Waals surface area contributed by atoms with Gasteiger partial charge in [-0.15, -0.1) is 6.58 Å². The van der Waals surface area contributed by atoms with Gasteiger partial charge in [0, 0.05) is 17.5 Å². The van der Waals surface area contributed by atoms with Crippen LogP contribution in [0.1, 0.15) is 37.3 Å². The van der Waals surface area contributed by atoms with Crippen LogP contribution in [-0.2, 0) is 9.59 Å². The molecular formula is C18H20ClNO3. The Morgan fingerprint density at radius 3 is 2.61 bits per heavy atom. The van der Waals surface area contributed by atoms with Crippen LogP contribution >= 0.6 is 11.6 Å². The standard InChI is InChI=1S/C18H20ClNO3/c1-2-4-17(21)20-15(11-12-18(22)23)5-3-6-16(20)13-7-9-14(19)10-8-13/h2,7-12,15-16H,1,3-6H2,(H,22,23)/t15-,16+/m1/s1. The SMILES string of the molecule is C=CCC(=O)N1[C@@H](C=CC(=O)O)CCC[C@H]1c1ccc(Cl)cc1. The molecule has 0 aliphatic carbocycles. The maximum Gasteiger partial charge on any atom is 0.328 e. The van der Waals surface area contributed by atoms with E-state index in [-0.39, 0.29) is 24.4 Å². The summed E-state index contributed by atoms with van der Waals surface area (Å²) in [5, 5.41) is 9.51. The smallest absolute Gasteiger partial charge is 0.328 e. The molecule has 23 heavy (non-hydrogen) atoms. The Morgan fingerprint density at radius 2 is 2.00 bits per heavy atom. The molecule has 0 spiro atoms. The molecule has 2 rings (SSSR count). The quantitative estimate of drug-likeness (QED) is 0.655. The van der Waals surface area contributed by atoms with Crippen molar-refractivity contribution in [3.63, 3.8) is 0 Å². The number of piperidine rings is 1. The molecule has 1 aliphatic rings. The van der Waals surface area contributed by atoms with Crippen LogP contribution in [0.5, 0.6) is 0 Å². The number of carbonyl (C=O) groups excluding carboxylic acids is 1. The maximum atomic E-state index is 12.6. The molecule has 5 heteroatoms. The second-order valence-electron chi connectivity index (χ2n) is 5.56. The molecule has 0 aromatic heterocycles. The molecule has 0 saturated carbocycles. The highest BCUT2D eigenvalue weighted by Crippen LogP contribution is 2.36. The number of nitrogens with zero attached hydrogens (tertiary/aromatic N) is 1. The third-order valence-corrected chi connectivity index (χ3v) is 4.25. The van der Waals surface area contributed by atoms with Gasteiger partial charge in [0.15, 0.2) is 0 Å². The molecule has 1 aromatic carbocycles. The van der Waals surface area contributed by atoms with E-state index in [0.717, 1.165) is 30.9 Å². The van der Waals surface area contributed by atoms with Gasteiger partial charge in [0.25, 0.3) is 0 Å². The van der Waals surface area contributed by atoms with Crippen molar-refractivity contribution in [1.82, 2.24) is 4.90 Å². The number of likely N-dealkylation sites (tertiary alicyclic amines) is 1. The number of benzene rings is 1. The van der Waals surface area contributed by atoms with Crippen molar-refractivity contribution in [2.45, 2.75) is 37.8 Å². The van der Waals surface area contributed by atoms with Gasteiger partial charge in [0.05, 0.1) is 12.1 Å². The van der Waals surface area contributed by atoms with Gasteiger partial charge in [-0.3, -0.25) is 4.79 Å². The van der Waals surface area contributed by atoms with E-state index in [9.17, 15) is 9.59 Å². The molecule has 1 aliphatic heterocycles. The monoisotopic (exact) mass is 333 g/mol. The first kappa shape index (κ1) is 17.3. The molecule has 0 bridgehead atoms. The van der Waals surface area contributed by atoms with Gasteiger partial charge in [-0.05, 0) is 37.0 Å². The molecule has 4 nitrogen and oxygen atoms in total. The van der Waals surface area contributed by atoms with Crippen molar-refractivity contribution in [3.05, 3.63) is 59.7 Å². The van der Waals surface area contributed by atoms with E-state index < -0.39 is 5.97 Å². The number of halogens is 1. The van der Waals surface area contributed by atoms with Crippen molar-refractivity contribution in [3.8, 4) is 0 Å². The Morgan fingerprint density at radius 1 is 1.30 bits per heavy atom. The number of hydrogen-bond donors (Lipinski definition) is 1. The molecule has 1 saturated heterocycles.